The number of carbonyl (C=O) groups excluding carboxylic acids is 2. The highest BCUT2D eigenvalue weighted by atomic mass is 16.2. The molecular weight excluding hydrogens is 590 g/mol. The van der Waals surface area contributed by atoms with E-state index in [-0.39, 0.29) is 17.1 Å². The molecule has 226 valence electrons. The van der Waals surface area contributed by atoms with Gasteiger partial charge in [-0.3, -0.25) is 19.6 Å². The number of pyridine rings is 2. The smallest absolute Gasteiger partial charge is 0.197 e. The molecule has 0 saturated heterocycles. The van der Waals surface area contributed by atoms with Crippen molar-refractivity contribution in [3.05, 3.63) is 203 Å². The molecule has 3 heterocycles. The maximum Gasteiger partial charge on any atom is 0.197 e. The molecule has 7 aromatic rings. The lowest BCUT2D eigenvalue weighted by atomic mass is 9.63. The number of para-hydroxylation sites is 2. The summed E-state index contributed by atoms with van der Waals surface area (Å²) in [5, 5.41) is 1.87. The van der Waals surface area contributed by atoms with E-state index in [0.29, 0.717) is 11.1 Å². The molecule has 2 aromatic heterocycles. The van der Waals surface area contributed by atoms with Crippen LogP contribution in [0.1, 0.15) is 48.5 Å². The van der Waals surface area contributed by atoms with E-state index in [1.807, 2.05) is 85.2 Å². The number of carbonyl (C=O) groups is 2. The maximum absolute atomic E-state index is 13.8. The molecule has 0 saturated carbocycles. The van der Waals surface area contributed by atoms with Crippen molar-refractivity contribution < 1.29 is 9.59 Å². The summed E-state index contributed by atoms with van der Waals surface area (Å²) in [5.41, 5.74) is 8.09. The van der Waals surface area contributed by atoms with Crippen molar-refractivity contribution in [2.45, 2.75) is 5.41 Å². The summed E-state index contributed by atoms with van der Waals surface area (Å²) in [7, 11) is 0. The Bertz CT molecular complexity index is 2340. The van der Waals surface area contributed by atoms with Crippen molar-refractivity contribution >= 4 is 45.5 Å². The molecule has 9 rings (SSSR count). The van der Waals surface area contributed by atoms with E-state index < -0.39 is 5.41 Å². The van der Waals surface area contributed by atoms with Crippen molar-refractivity contribution in [1.29, 1.82) is 0 Å². The van der Waals surface area contributed by atoms with Gasteiger partial charge in [0.05, 0.1) is 22.4 Å². The number of hydrogen-bond acceptors (Lipinski definition) is 5. The Morgan fingerprint density at radius 3 is 1.75 bits per heavy atom. The number of fused-ring (bicyclic) bond motifs is 4. The number of benzene rings is 5. The minimum atomic E-state index is -0.807. The molecule has 0 spiro atoms. The lowest BCUT2D eigenvalue weighted by Gasteiger charge is -2.46. The van der Waals surface area contributed by atoms with Gasteiger partial charge in [0.1, 0.15) is 0 Å². The number of allylic oxidation sites excluding steroid dienone is 1. The van der Waals surface area contributed by atoms with Gasteiger partial charge in [-0.25, -0.2) is 0 Å². The summed E-state index contributed by atoms with van der Waals surface area (Å²) >= 11 is 0. The van der Waals surface area contributed by atoms with Crippen LogP contribution in [-0.4, -0.2) is 21.5 Å². The van der Waals surface area contributed by atoms with Crippen molar-refractivity contribution in [3.63, 3.8) is 0 Å². The first kappa shape index (κ1) is 27.8. The van der Waals surface area contributed by atoms with Crippen molar-refractivity contribution in [1.82, 2.24) is 9.97 Å². The van der Waals surface area contributed by atoms with Gasteiger partial charge in [0, 0.05) is 41.6 Å². The molecule has 1 aliphatic heterocycles. The quantitative estimate of drug-likeness (QED) is 0.146. The van der Waals surface area contributed by atoms with Crippen molar-refractivity contribution in [3.8, 4) is 0 Å². The van der Waals surface area contributed by atoms with Crippen LogP contribution in [0.5, 0.6) is 0 Å². The van der Waals surface area contributed by atoms with Gasteiger partial charge in [-0.05, 0) is 99.3 Å². The van der Waals surface area contributed by atoms with E-state index in [2.05, 4.69) is 75.5 Å². The lowest BCUT2D eigenvalue weighted by Crippen LogP contribution is -2.38. The molecule has 5 aromatic carbocycles. The van der Waals surface area contributed by atoms with Crippen LogP contribution in [0.25, 0.3) is 16.8 Å². The summed E-state index contributed by atoms with van der Waals surface area (Å²) in [6.07, 6.45) is 9.15. The van der Waals surface area contributed by atoms with E-state index in [0.717, 1.165) is 55.7 Å². The van der Waals surface area contributed by atoms with Crippen LogP contribution < -0.4 is 4.90 Å². The first-order chi connectivity index (χ1) is 23.6. The standard InChI is InChI=1S/C43H27N3O2/c47-41-34-24-29-10-4-5-11-30(29)25-35(34)42(48)36(41)22-28-18-19-40-38(23-28)43(31-12-8-20-44-26-31,32-13-9-21-45-27-32)37-16-6-7-17-39(37)46(40)33-14-2-1-3-15-33/h1-27H. The summed E-state index contributed by atoms with van der Waals surface area (Å²) in [6, 6.07) is 44.6. The second-order valence-electron chi connectivity index (χ2n) is 12.2. The van der Waals surface area contributed by atoms with Crippen LogP contribution in [0.15, 0.2) is 164 Å². The molecule has 0 unspecified atom stereocenters. The SMILES string of the molecule is O=C1C(=Cc2ccc3c(c2)C(c2cccnc2)(c2cccnc2)c2ccccc2N3c2ccccc2)C(=O)c2cc3ccccc3cc21. The zero-order valence-corrected chi connectivity index (χ0v) is 25.7. The summed E-state index contributed by atoms with van der Waals surface area (Å²) in [4.78, 5) is 39.1. The third kappa shape index (κ3) is 4.04. The van der Waals surface area contributed by atoms with E-state index in [9.17, 15) is 9.59 Å². The Balaban J connectivity index is 1.32. The van der Waals surface area contributed by atoms with Gasteiger partial charge in [0.15, 0.2) is 11.6 Å². The minimum absolute atomic E-state index is 0.171. The van der Waals surface area contributed by atoms with Gasteiger partial charge in [0.25, 0.3) is 0 Å². The summed E-state index contributed by atoms with van der Waals surface area (Å²) in [6.45, 7) is 0. The molecule has 0 radical (unpaired) electrons. The Morgan fingerprint density at radius 2 is 1.12 bits per heavy atom. The van der Waals surface area contributed by atoms with Gasteiger partial charge >= 0.3 is 0 Å². The van der Waals surface area contributed by atoms with Gasteiger partial charge in [-0.1, -0.05) is 78.9 Å². The average Bonchev–Trinajstić information content (AvgIpc) is 3.37. The van der Waals surface area contributed by atoms with Crippen LogP contribution in [0.4, 0.5) is 17.1 Å². The predicted octanol–water partition coefficient (Wildman–Crippen LogP) is 9.26. The molecule has 0 bridgehead atoms. The van der Waals surface area contributed by atoms with E-state index in [1.54, 1.807) is 18.5 Å². The molecule has 0 atom stereocenters. The fraction of sp³-hybridized carbons (Fsp3) is 0.0233. The number of rotatable bonds is 4. The highest BCUT2D eigenvalue weighted by Gasteiger charge is 2.47. The topological polar surface area (TPSA) is 63.2 Å². The van der Waals surface area contributed by atoms with Gasteiger partial charge in [-0.2, -0.15) is 0 Å². The molecule has 1 aliphatic carbocycles. The first-order valence-electron chi connectivity index (χ1n) is 15.9. The van der Waals surface area contributed by atoms with E-state index in [1.165, 1.54) is 0 Å². The Kier molecular flexibility index (Phi) is 6.27. The monoisotopic (exact) mass is 617 g/mol. The highest BCUT2D eigenvalue weighted by Crippen LogP contribution is 2.57. The molecule has 0 amide bonds. The Morgan fingerprint density at radius 1 is 0.542 bits per heavy atom. The second-order valence-corrected chi connectivity index (χ2v) is 12.2. The molecule has 48 heavy (non-hydrogen) atoms. The minimum Gasteiger partial charge on any atom is -0.310 e. The predicted molar refractivity (Wildman–Crippen MR) is 189 cm³/mol. The average molecular weight is 618 g/mol. The largest absolute Gasteiger partial charge is 0.310 e. The maximum atomic E-state index is 13.8. The molecule has 5 nitrogen and oxygen atoms in total. The molecule has 0 fully saturated rings. The third-order valence-electron chi connectivity index (χ3n) is 9.59. The van der Waals surface area contributed by atoms with Crippen LogP contribution in [0.2, 0.25) is 0 Å². The van der Waals surface area contributed by atoms with E-state index >= 15 is 0 Å². The number of aromatic nitrogens is 2. The fourth-order valence-corrected chi connectivity index (χ4v) is 7.52. The number of Topliss-reactive ketones (excluding diaryl/α,β-unsaturated/α-hetero) is 2. The third-order valence-corrected chi connectivity index (χ3v) is 9.59. The molecular formula is C43H27N3O2. The molecule has 2 aliphatic rings. The van der Waals surface area contributed by atoms with Crippen LogP contribution in [-0.2, 0) is 5.41 Å². The zero-order chi connectivity index (χ0) is 32.2. The van der Waals surface area contributed by atoms with Crippen LogP contribution >= 0.6 is 0 Å². The molecule has 0 N–H and O–H groups in total. The summed E-state index contributed by atoms with van der Waals surface area (Å²) in [5.74, 6) is -0.499. The number of ketones is 2. The fourth-order valence-electron chi connectivity index (χ4n) is 7.52. The number of anilines is 3. The zero-order valence-electron chi connectivity index (χ0n) is 25.7. The normalized spacial score (nSPS) is 14.4. The van der Waals surface area contributed by atoms with Crippen molar-refractivity contribution in [2.75, 3.05) is 4.90 Å². The number of hydrogen-bond donors (Lipinski definition) is 0. The van der Waals surface area contributed by atoms with Crippen LogP contribution in [0, 0.1) is 0 Å². The lowest BCUT2D eigenvalue weighted by molar-refractivity contribution is 0.0990. The highest BCUT2D eigenvalue weighted by molar-refractivity contribution is 6.42. The van der Waals surface area contributed by atoms with Crippen molar-refractivity contribution in [2.24, 2.45) is 0 Å². The van der Waals surface area contributed by atoms with Gasteiger partial charge < -0.3 is 4.90 Å². The molecule has 5 heteroatoms. The number of nitrogens with zero attached hydrogens (tertiary/aromatic N) is 3. The Hall–Kier alpha value is -6.46. The van der Waals surface area contributed by atoms with Crippen LogP contribution in [0.3, 0.4) is 0 Å². The van der Waals surface area contributed by atoms with E-state index in [4.69, 9.17) is 0 Å². The van der Waals surface area contributed by atoms with Gasteiger partial charge in [-0.15, -0.1) is 0 Å². The van der Waals surface area contributed by atoms with Gasteiger partial charge in [0.2, 0.25) is 0 Å². The Labute approximate surface area is 277 Å². The summed E-state index contributed by atoms with van der Waals surface area (Å²) < 4.78 is 0. The second kappa shape index (κ2) is 10.8. The first-order valence-corrected chi connectivity index (χ1v) is 15.9.